The first-order valence-corrected chi connectivity index (χ1v) is 7.59. The van der Waals surface area contributed by atoms with Crippen LogP contribution in [0.3, 0.4) is 0 Å². The van der Waals surface area contributed by atoms with Crippen molar-refractivity contribution in [2.24, 2.45) is 0 Å². The second-order valence-corrected chi connectivity index (χ2v) is 5.82. The predicted molar refractivity (Wildman–Crippen MR) is 89.3 cm³/mol. The molecule has 2 aromatic rings. The second-order valence-electron chi connectivity index (χ2n) is 5.44. The summed E-state index contributed by atoms with van der Waals surface area (Å²) < 4.78 is 5.78. The molecule has 0 aliphatic rings. The highest BCUT2D eigenvalue weighted by atomic mass is 35.5. The quantitative estimate of drug-likeness (QED) is 0.861. The Balaban J connectivity index is 2.39. The van der Waals surface area contributed by atoms with E-state index in [0.717, 1.165) is 27.5 Å². The standard InChI is InChI=1S/C18H22ClNO/c1-12(2)21-15-9-6-8-14(11-15)18(20-4)16-10-5-7-13(3)17(16)19/h5-12,18,20H,1-4H3. The van der Waals surface area contributed by atoms with Gasteiger partial charge in [0.05, 0.1) is 12.1 Å². The number of aryl methyl sites for hydroxylation is 1. The van der Waals surface area contributed by atoms with E-state index in [1.54, 1.807) is 0 Å². The van der Waals surface area contributed by atoms with Gasteiger partial charge in [0.1, 0.15) is 5.75 Å². The summed E-state index contributed by atoms with van der Waals surface area (Å²) in [5.41, 5.74) is 3.31. The van der Waals surface area contributed by atoms with Crippen molar-refractivity contribution < 1.29 is 4.74 Å². The van der Waals surface area contributed by atoms with Gasteiger partial charge in [0, 0.05) is 5.02 Å². The molecule has 112 valence electrons. The number of hydrogen-bond donors (Lipinski definition) is 1. The van der Waals surface area contributed by atoms with E-state index in [1.807, 2.05) is 52.1 Å². The van der Waals surface area contributed by atoms with Crippen LogP contribution in [0.1, 0.15) is 36.6 Å². The number of rotatable bonds is 5. The number of nitrogens with one attached hydrogen (secondary N) is 1. The van der Waals surface area contributed by atoms with E-state index in [9.17, 15) is 0 Å². The lowest BCUT2D eigenvalue weighted by atomic mass is 9.97. The maximum Gasteiger partial charge on any atom is 0.120 e. The van der Waals surface area contributed by atoms with Crippen LogP contribution in [-0.2, 0) is 0 Å². The lowest BCUT2D eigenvalue weighted by Crippen LogP contribution is -2.18. The summed E-state index contributed by atoms with van der Waals surface area (Å²) in [6.07, 6.45) is 0.163. The molecule has 0 aliphatic heterocycles. The van der Waals surface area contributed by atoms with Gasteiger partial charge >= 0.3 is 0 Å². The van der Waals surface area contributed by atoms with Crippen molar-refractivity contribution in [3.8, 4) is 5.75 Å². The van der Waals surface area contributed by atoms with Gasteiger partial charge in [-0.2, -0.15) is 0 Å². The molecule has 0 saturated carbocycles. The minimum atomic E-state index is 0.0492. The molecule has 0 bridgehead atoms. The molecule has 1 unspecified atom stereocenters. The minimum absolute atomic E-state index is 0.0492. The van der Waals surface area contributed by atoms with Crippen LogP contribution in [0.2, 0.25) is 5.02 Å². The zero-order valence-electron chi connectivity index (χ0n) is 13.0. The van der Waals surface area contributed by atoms with Crippen LogP contribution in [0.5, 0.6) is 5.75 Å². The summed E-state index contributed by atoms with van der Waals surface area (Å²) >= 11 is 6.47. The van der Waals surface area contributed by atoms with Gasteiger partial charge in [-0.05, 0) is 56.6 Å². The lowest BCUT2D eigenvalue weighted by Gasteiger charge is -2.20. The van der Waals surface area contributed by atoms with Gasteiger partial charge in [0.2, 0.25) is 0 Å². The van der Waals surface area contributed by atoms with Crippen LogP contribution < -0.4 is 10.1 Å². The summed E-state index contributed by atoms with van der Waals surface area (Å²) in [5, 5.41) is 4.16. The SMILES string of the molecule is CNC(c1cccc(OC(C)C)c1)c1cccc(C)c1Cl. The lowest BCUT2D eigenvalue weighted by molar-refractivity contribution is 0.242. The van der Waals surface area contributed by atoms with E-state index in [0.29, 0.717) is 0 Å². The van der Waals surface area contributed by atoms with Gasteiger partial charge in [0.25, 0.3) is 0 Å². The molecule has 0 amide bonds. The average molecular weight is 304 g/mol. The Bertz CT molecular complexity index is 610. The molecule has 2 nitrogen and oxygen atoms in total. The van der Waals surface area contributed by atoms with Crippen LogP contribution in [0, 0.1) is 6.92 Å². The van der Waals surface area contributed by atoms with Crippen LogP contribution >= 0.6 is 11.6 Å². The molecule has 1 N–H and O–H groups in total. The summed E-state index contributed by atoms with van der Waals surface area (Å²) in [4.78, 5) is 0. The van der Waals surface area contributed by atoms with Crippen LogP contribution in [0.4, 0.5) is 0 Å². The van der Waals surface area contributed by atoms with Gasteiger partial charge < -0.3 is 10.1 Å². The zero-order valence-corrected chi connectivity index (χ0v) is 13.7. The number of halogens is 1. The highest BCUT2D eigenvalue weighted by Gasteiger charge is 2.16. The van der Waals surface area contributed by atoms with Crippen LogP contribution in [0.15, 0.2) is 42.5 Å². The van der Waals surface area contributed by atoms with E-state index < -0.39 is 0 Å². The van der Waals surface area contributed by atoms with E-state index in [2.05, 4.69) is 23.5 Å². The average Bonchev–Trinajstić information content (AvgIpc) is 2.44. The van der Waals surface area contributed by atoms with Crippen molar-refractivity contribution in [1.82, 2.24) is 5.32 Å². The summed E-state index contributed by atoms with van der Waals surface area (Å²) in [6, 6.07) is 14.3. The van der Waals surface area contributed by atoms with Gasteiger partial charge in [0.15, 0.2) is 0 Å². The molecular weight excluding hydrogens is 282 g/mol. The molecular formula is C18H22ClNO. The van der Waals surface area contributed by atoms with Crippen molar-refractivity contribution >= 4 is 11.6 Å². The summed E-state index contributed by atoms with van der Waals surface area (Å²) in [7, 11) is 1.94. The second kappa shape index (κ2) is 6.97. The van der Waals surface area contributed by atoms with Crippen molar-refractivity contribution in [3.63, 3.8) is 0 Å². The van der Waals surface area contributed by atoms with E-state index in [1.165, 1.54) is 0 Å². The Hall–Kier alpha value is -1.51. The summed E-state index contributed by atoms with van der Waals surface area (Å²) in [5.74, 6) is 0.881. The van der Waals surface area contributed by atoms with E-state index in [4.69, 9.17) is 16.3 Å². The Morgan fingerprint density at radius 2 is 1.81 bits per heavy atom. The highest BCUT2D eigenvalue weighted by molar-refractivity contribution is 6.32. The van der Waals surface area contributed by atoms with Crippen molar-refractivity contribution in [1.29, 1.82) is 0 Å². The maximum atomic E-state index is 6.47. The number of benzene rings is 2. The molecule has 2 rings (SSSR count). The zero-order chi connectivity index (χ0) is 15.4. The third-order valence-electron chi connectivity index (χ3n) is 3.38. The molecule has 1 atom stereocenters. The van der Waals surface area contributed by atoms with Crippen molar-refractivity contribution in [3.05, 3.63) is 64.2 Å². The Kier molecular flexibility index (Phi) is 5.27. The molecule has 21 heavy (non-hydrogen) atoms. The fourth-order valence-corrected chi connectivity index (χ4v) is 2.67. The first-order valence-electron chi connectivity index (χ1n) is 7.21. The molecule has 0 aromatic heterocycles. The largest absolute Gasteiger partial charge is 0.491 e. The third-order valence-corrected chi connectivity index (χ3v) is 3.90. The van der Waals surface area contributed by atoms with E-state index >= 15 is 0 Å². The van der Waals surface area contributed by atoms with Gasteiger partial charge in [-0.25, -0.2) is 0 Å². The Labute approximate surface area is 132 Å². The van der Waals surface area contributed by atoms with Gasteiger partial charge in [-0.3, -0.25) is 0 Å². The normalized spacial score (nSPS) is 12.5. The van der Waals surface area contributed by atoms with Crippen LogP contribution in [-0.4, -0.2) is 13.2 Å². The number of hydrogen-bond acceptors (Lipinski definition) is 2. The van der Waals surface area contributed by atoms with E-state index in [-0.39, 0.29) is 12.1 Å². The minimum Gasteiger partial charge on any atom is -0.491 e. The molecule has 0 aliphatic carbocycles. The van der Waals surface area contributed by atoms with Crippen molar-refractivity contribution in [2.45, 2.75) is 32.9 Å². The first-order chi connectivity index (χ1) is 10.0. The molecule has 0 radical (unpaired) electrons. The topological polar surface area (TPSA) is 21.3 Å². The highest BCUT2D eigenvalue weighted by Crippen LogP contribution is 2.31. The number of ether oxygens (including phenoxy) is 1. The van der Waals surface area contributed by atoms with Gasteiger partial charge in [-0.1, -0.05) is 41.9 Å². The fourth-order valence-electron chi connectivity index (χ4n) is 2.43. The van der Waals surface area contributed by atoms with Gasteiger partial charge in [-0.15, -0.1) is 0 Å². The Morgan fingerprint density at radius 3 is 2.48 bits per heavy atom. The van der Waals surface area contributed by atoms with Crippen LogP contribution in [0.25, 0.3) is 0 Å². The molecule has 3 heteroatoms. The predicted octanol–water partition coefficient (Wildman–Crippen LogP) is 4.74. The first kappa shape index (κ1) is 15.9. The molecule has 0 heterocycles. The molecule has 0 spiro atoms. The van der Waals surface area contributed by atoms with Crippen molar-refractivity contribution in [2.75, 3.05) is 7.05 Å². The molecule has 0 fully saturated rings. The fraction of sp³-hybridized carbons (Fsp3) is 0.333. The monoisotopic (exact) mass is 303 g/mol. The summed E-state index contributed by atoms with van der Waals surface area (Å²) in [6.45, 7) is 6.08. The Morgan fingerprint density at radius 1 is 1.10 bits per heavy atom. The molecule has 2 aromatic carbocycles. The third kappa shape index (κ3) is 3.78. The smallest absolute Gasteiger partial charge is 0.120 e. The molecule has 0 saturated heterocycles. The maximum absolute atomic E-state index is 6.47.